The third-order valence-corrected chi connectivity index (χ3v) is 6.18. The van der Waals surface area contributed by atoms with Gasteiger partial charge in [-0.1, -0.05) is 22.9 Å². The van der Waals surface area contributed by atoms with Crippen LogP contribution >= 0.6 is 15.9 Å². The van der Waals surface area contributed by atoms with Crippen molar-refractivity contribution in [3.05, 3.63) is 0 Å². The Labute approximate surface area is 80.6 Å². The molecule has 1 rings (SSSR count). The van der Waals surface area contributed by atoms with Gasteiger partial charge in [0.2, 0.25) is 0 Å². The highest BCUT2D eigenvalue weighted by Gasteiger charge is 2.41. The highest BCUT2D eigenvalue weighted by Crippen LogP contribution is 2.26. The second-order valence-electron chi connectivity index (χ2n) is 3.24. The maximum absolute atomic E-state index is 11.4. The van der Waals surface area contributed by atoms with Crippen molar-refractivity contribution in [2.24, 2.45) is 5.92 Å². The number of ketones is 1. The molecule has 0 saturated carbocycles. The normalized spacial score (nSPS) is 41.2. The lowest BCUT2D eigenvalue weighted by Gasteiger charge is -2.27. The molecule has 0 bridgehead atoms. The van der Waals surface area contributed by atoms with E-state index in [-0.39, 0.29) is 17.5 Å². The number of alkyl halides is 1. The lowest BCUT2D eigenvalue weighted by atomic mass is 10.0. The summed E-state index contributed by atoms with van der Waals surface area (Å²) in [5.74, 6) is -0.373. The highest BCUT2D eigenvalue weighted by molar-refractivity contribution is 9.10. The first-order valence-electron chi connectivity index (χ1n) is 3.75. The van der Waals surface area contributed by atoms with Crippen LogP contribution < -0.4 is 0 Å². The first-order chi connectivity index (χ1) is 5.36. The Kier molecular flexibility index (Phi) is 2.63. The van der Waals surface area contributed by atoms with E-state index >= 15 is 0 Å². The van der Waals surface area contributed by atoms with Gasteiger partial charge >= 0.3 is 0 Å². The summed E-state index contributed by atoms with van der Waals surface area (Å²) in [6, 6.07) is 0. The summed E-state index contributed by atoms with van der Waals surface area (Å²) in [6.45, 7) is 3.22. The minimum absolute atomic E-state index is 0.00248. The standard InChI is InChI=1S/C7H11BrO3S/c1-4-3-12(10,11)5(2)6(8)7(4)9/h4-6H,3H2,1-2H3. The molecule has 0 radical (unpaired) electrons. The molecule has 0 aliphatic carbocycles. The molecule has 0 aromatic rings. The van der Waals surface area contributed by atoms with Crippen molar-refractivity contribution in [2.45, 2.75) is 23.9 Å². The Balaban J connectivity index is 3.01. The van der Waals surface area contributed by atoms with E-state index in [1.54, 1.807) is 13.8 Å². The van der Waals surface area contributed by atoms with Crippen LogP contribution in [0.25, 0.3) is 0 Å². The van der Waals surface area contributed by atoms with Crippen molar-refractivity contribution in [1.82, 2.24) is 0 Å². The van der Waals surface area contributed by atoms with E-state index in [0.717, 1.165) is 0 Å². The minimum Gasteiger partial charge on any atom is -0.298 e. The Hall–Kier alpha value is 0.1000. The lowest BCUT2D eigenvalue weighted by Crippen LogP contribution is -2.45. The molecule has 12 heavy (non-hydrogen) atoms. The van der Waals surface area contributed by atoms with Gasteiger partial charge in [0.1, 0.15) is 0 Å². The van der Waals surface area contributed by atoms with Gasteiger partial charge < -0.3 is 0 Å². The topological polar surface area (TPSA) is 51.2 Å². The molecular weight excluding hydrogens is 244 g/mol. The van der Waals surface area contributed by atoms with Crippen LogP contribution in [-0.2, 0) is 14.6 Å². The third kappa shape index (κ3) is 1.57. The Morgan fingerprint density at radius 1 is 1.42 bits per heavy atom. The van der Waals surface area contributed by atoms with Gasteiger partial charge in [-0.3, -0.25) is 4.79 Å². The number of sulfone groups is 1. The fourth-order valence-electron chi connectivity index (χ4n) is 1.27. The lowest BCUT2D eigenvalue weighted by molar-refractivity contribution is -0.121. The summed E-state index contributed by atoms with van der Waals surface area (Å²) >= 11 is 3.11. The Morgan fingerprint density at radius 3 is 2.42 bits per heavy atom. The van der Waals surface area contributed by atoms with Crippen LogP contribution in [0.5, 0.6) is 0 Å². The van der Waals surface area contributed by atoms with E-state index in [9.17, 15) is 13.2 Å². The zero-order chi connectivity index (χ0) is 9.52. The predicted octanol–water partition coefficient (Wildman–Crippen LogP) is 0.772. The molecule has 0 aromatic heterocycles. The summed E-state index contributed by atoms with van der Waals surface area (Å²) in [7, 11) is -3.06. The van der Waals surface area contributed by atoms with Gasteiger partial charge in [-0.25, -0.2) is 8.42 Å². The van der Waals surface area contributed by atoms with Gasteiger partial charge in [0.25, 0.3) is 0 Å². The molecule has 3 nitrogen and oxygen atoms in total. The van der Waals surface area contributed by atoms with E-state index in [1.807, 2.05) is 0 Å². The molecule has 70 valence electrons. The predicted molar refractivity (Wildman–Crippen MR) is 50.1 cm³/mol. The fourth-order valence-corrected chi connectivity index (χ4v) is 4.37. The van der Waals surface area contributed by atoms with Gasteiger partial charge in [-0.2, -0.15) is 0 Å². The van der Waals surface area contributed by atoms with Crippen molar-refractivity contribution >= 4 is 31.6 Å². The summed E-state index contributed by atoms with van der Waals surface area (Å²) in [4.78, 5) is 10.8. The van der Waals surface area contributed by atoms with E-state index < -0.39 is 19.9 Å². The second-order valence-corrected chi connectivity index (χ2v) is 6.63. The molecule has 0 aromatic carbocycles. The fraction of sp³-hybridized carbons (Fsp3) is 0.857. The monoisotopic (exact) mass is 254 g/mol. The largest absolute Gasteiger partial charge is 0.298 e. The number of carbonyl (C=O) groups is 1. The quantitative estimate of drug-likeness (QED) is 0.601. The van der Waals surface area contributed by atoms with E-state index in [1.165, 1.54) is 0 Å². The minimum atomic E-state index is -3.06. The molecule has 1 aliphatic rings. The van der Waals surface area contributed by atoms with Gasteiger partial charge in [-0.05, 0) is 6.92 Å². The average Bonchev–Trinajstić information content (AvgIpc) is 1.97. The Morgan fingerprint density at radius 2 is 1.92 bits per heavy atom. The van der Waals surface area contributed by atoms with Gasteiger partial charge in [0.05, 0.1) is 15.8 Å². The summed E-state index contributed by atoms with van der Waals surface area (Å²) in [5.41, 5.74) is 0. The number of hydrogen-bond donors (Lipinski definition) is 0. The molecule has 0 N–H and O–H groups in total. The molecule has 3 atom stereocenters. The van der Waals surface area contributed by atoms with Crippen LogP contribution in [0.15, 0.2) is 0 Å². The van der Waals surface area contributed by atoms with E-state index in [4.69, 9.17) is 0 Å². The number of rotatable bonds is 0. The van der Waals surface area contributed by atoms with Gasteiger partial charge in [0.15, 0.2) is 15.6 Å². The third-order valence-electron chi connectivity index (χ3n) is 2.22. The zero-order valence-corrected chi connectivity index (χ0v) is 9.35. The molecule has 1 fully saturated rings. The highest BCUT2D eigenvalue weighted by atomic mass is 79.9. The summed E-state index contributed by atoms with van der Waals surface area (Å²) in [6.07, 6.45) is 0. The molecular formula is C7H11BrO3S. The smallest absolute Gasteiger partial charge is 0.155 e. The van der Waals surface area contributed by atoms with Crippen LogP contribution in [0.1, 0.15) is 13.8 Å². The van der Waals surface area contributed by atoms with Crippen LogP contribution in [-0.4, -0.2) is 30.0 Å². The van der Waals surface area contributed by atoms with Crippen LogP contribution in [0.2, 0.25) is 0 Å². The average molecular weight is 255 g/mol. The van der Waals surface area contributed by atoms with Crippen molar-refractivity contribution < 1.29 is 13.2 Å². The van der Waals surface area contributed by atoms with Gasteiger partial charge in [0, 0.05) is 5.92 Å². The van der Waals surface area contributed by atoms with Crippen molar-refractivity contribution in [1.29, 1.82) is 0 Å². The number of Topliss-reactive ketones (excluding diaryl/α,β-unsaturated/α-hetero) is 1. The molecule has 1 saturated heterocycles. The van der Waals surface area contributed by atoms with Crippen molar-refractivity contribution in [3.8, 4) is 0 Å². The second kappa shape index (κ2) is 3.10. The Bertz CT molecular complexity index is 296. The summed E-state index contributed by atoms with van der Waals surface area (Å²) < 4.78 is 22.7. The molecule has 1 heterocycles. The van der Waals surface area contributed by atoms with Crippen LogP contribution in [0, 0.1) is 5.92 Å². The molecule has 5 heteroatoms. The van der Waals surface area contributed by atoms with Crippen LogP contribution in [0.3, 0.4) is 0 Å². The molecule has 0 amide bonds. The molecule has 3 unspecified atom stereocenters. The first-order valence-corrected chi connectivity index (χ1v) is 6.38. The number of halogens is 1. The molecule has 0 spiro atoms. The van der Waals surface area contributed by atoms with E-state index in [0.29, 0.717) is 0 Å². The molecule has 1 aliphatic heterocycles. The van der Waals surface area contributed by atoms with Crippen LogP contribution in [0.4, 0.5) is 0 Å². The zero-order valence-electron chi connectivity index (χ0n) is 6.95. The number of carbonyl (C=O) groups excluding carboxylic acids is 1. The number of hydrogen-bond acceptors (Lipinski definition) is 3. The van der Waals surface area contributed by atoms with Crippen molar-refractivity contribution in [2.75, 3.05) is 5.75 Å². The maximum atomic E-state index is 11.4. The SMILES string of the molecule is CC1CS(=O)(=O)C(C)C(Br)C1=O. The first kappa shape index (κ1) is 10.2. The van der Waals surface area contributed by atoms with Gasteiger partial charge in [-0.15, -0.1) is 0 Å². The maximum Gasteiger partial charge on any atom is 0.155 e. The van der Waals surface area contributed by atoms with Crippen molar-refractivity contribution in [3.63, 3.8) is 0 Å². The van der Waals surface area contributed by atoms with E-state index in [2.05, 4.69) is 15.9 Å². The summed E-state index contributed by atoms with van der Waals surface area (Å²) in [5, 5.41) is -0.582.